The number of nitrogens with one attached hydrogen (secondary N) is 2. The number of aliphatic hydroxyl groups is 1. The number of hydrogen-bond donors (Lipinski definition) is 3. The molecule has 0 aliphatic heterocycles. The Morgan fingerprint density at radius 2 is 1.65 bits per heavy atom. The summed E-state index contributed by atoms with van der Waals surface area (Å²) in [5, 5.41) is 16.1. The fraction of sp³-hybridized carbons (Fsp3) is 0.944. The third-order valence-electron chi connectivity index (χ3n) is 5.17. The Labute approximate surface area is 140 Å². The van der Waals surface area contributed by atoms with Crippen molar-refractivity contribution >= 4 is 6.09 Å². The first-order valence-electron chi connectivity index (χ1n) is 9.21. The smallest absolute Gasteiger partial charge is 0.407 e. The molecule has 1 amide bonds. The largest absolute Gasteiger partial charge is 0.444 e. The molecule has 2 fully saturated rings. The van der Waals surface area contributed by atoms with E-state index in [4.69, 9.17) is 4.74 Å². The maximum absolute atomic E-state index is 11.8. The van der Waals surface area contributed by atoms with E-state index >= 15 is 0 Å². The zero-order valence-corrected chi connectivity index (χ0v) is 14.9. The fourth-order valence-electron chi connectivity index (χ4n) is 3.86. The Kier molecular flexibility index (Phi) is 6.72. The number of rotatable bonds is 5. The van der Waals surface area contributed by atoms with Crippen LogP contribution in [0.2, 0.25) is 0 Å². The van der Waals surface area contributed by atoms with Crippen molar-refractivity contribution in [3.8, 4) is 0 Å². The second kappa shape index (κ2) is 8.34. The average molecular weight is 326 g/mol. The van der Waals surface area contributed by atoms with Crippen molar-refractivity contribution in [3.05, 3.63) is 0 Å². The van der Waals surface area contributed by atoms with Gasteiger partial charge in [-0.1, -0.05) is 6.42 Å². The molecule has 2 saturated carbocycles. The third kappa shape index (κ3) is 6.30. The van der Waals surface area contributed by atoms with Gasteiger partial charge in [-0.05, 0) is 77.7 Å². The van der Waals surface area contributed by atoms with Crippen molar-refractivity contribution < 1.29 is 14.6 Å². The molecule has 2 unspecified atom stereocenters. The van der Waals surface area contributed by atoms with Gasteiger partial charge in [0.05, 0.1) is 0 Å². The quantitative estimate of drug-likeness (QED) is 0.726. The number of aliphatic hydroxyl groups excluding tert-OH is 1. The summed E-state index contributed by atoms with van der Waals surface area (Å²) in [5.74, 6) is 1.13. The Morgan fingerprint density at radius 3 is 2.26 bits per heavy atom. The first-order valence-corrected chi connectivity index (χ1v) is 9.21. The van der Waals surface area contributed by atoms with Crippen molar-refractivity contribution in [1.82, 2.24) is 10.6 Å². The van der Waals surface area contributed by atoms with Crippen LogP contribution in [0.1, 0.15) is 65.7 Å². The highest BCUT2D eigenvalue weighted by atomic mass is 16.6. The summed E-state index contributed by atoms with van der Waals surface area (Å²) in [7, 11) is 0. The van der Waals surface area contributed by atoms with Gasteiger partial charge in [-0.3, -0.25) is 0 Å². The lowest BCUT2D eigenvalue weighted by Gasteiger charge is -2.31. The Bertz CT molecular complexity index is 373. The average Bonchev–Trinajstić information content (AvgIpc) is 2.92. The molecule has 5 heteroatoms. The van der Waals surface area contributed by atoms with E-state index in [1.807, 2.05) is 20.8 Å². The van der Waals surface area contributed by atoms with Gasteiger partial charge in [0.2, 0.25) is 0 Å². The molecule has 3 N–H and O–H groups in total. The molecular formula is C18H34N2O3. The van der Waals surface area contributed by atoms with E-state index in [-0.39, 0.29) is 12.1 Å². The molecule has 23 heavy (non-hydrogen) atoms. The molecule has 0 saturated heterocycles. The van der Waals surface area contributed by atoms with Crippen LogP contribution in [-0.2, 0) is 4.74 Å². The van der Waals surface area contributed by atoms with Gasteiger partial charge >= 0.3 is 6.09 Å². The van der Waals surface area contributed by atoms with Crippen molar-refractivity contribution in [2.45, 2.75) is 83.4 Å². The van der Waals surface area contributed by atoms with Crippen LogP contribution in [0.25, 0.3) is 0 Å². The number of alkyl carbamates (subject to hydrolysis) is 1. The Morgan fingerprint density at radius 1 is 1.04 bits per heavy atom. The predicted octanol–water partition coefficient (Wildman–Crippen LogP) is 2.82. The van der Waals surface area contributed by atoms with Crippen molar-refractivity contribution in [2.75, 3.05) is 13.2 Å². The van der Waals surface area contributed by atoms with E-state index in [0.717, 1.165) is 32.2 Å². The van der Waals surface area contributed by atoms with Crippen LogP contribution in [0.3, 0.4) is 0 Å². The first-order chi connectivity index (χ1) is 10.9. The number of carbonyl (C=O) groups is 1. The maximum atomic E-state index is 11.8. The summed E-state index contributed by atoms with van der Waals surface area (Å²) in [6, 6.07) is 0.784. The van der Waals surface area contributed by atoms with Crippen molar-refractivity contribution in [1.29, 1.82) is 0 Å². The molecule has 0 bridgehead atoms. The zero-order chi connectivity index (χ0) is 16.9. The van der Waals surface area contributed by atoms with Crippen LogP contribution >= 0.6 is 0 Å². The predicted molar refractivity (Wildman–Crippen MR) is 91.3 cm³/mol. The molecule has 2 aliphatic rings. The molecule has 2 atom stereocenters. The maximum Gasteiger partial charge on any atom is 0.407 e. The summed E-state index contributed by atoms with van der Waals surface area (Å²) in [6.07, 6.45) is 7.57. The highest BCUT2D eigenvalue weighted by Crippen LogP contribution is 2.31. The lowest BCUT2D eigenvalue weighted by atomic mass is 9.90. The monoisotopic (exact) mass is 326 g/mol. The molecule has 0 radical (unpaired) electrons. The molecule has 134 valence electrons. The topological polar surface area (TPSA) is 70.6 Å². The van der Waals surface area contributed by atoms with E-state index in [1.54, 1.807) is 0 Å². The van der Waals surface area contributed by atoms with Crippen LogP contribution in [0, 0.1) is 11.8 Å². The van der Waals surface area contributed by atoms with Gasteiger partial charge in [-0.15, -0.1) is 0 Å². The standard InChI is InChI=1S/C18H34N2O3/c1-18(2,3)23-17(22)20-16-9-7-15(8-10-16)19-11-13-5-4-6-14(13)12-21/h13-16,19,21H,4-12H2,1-3H3,(H,20,22). The number of ether oxygens (including phenoxy) is 1. The van der Waals surface area contributed by atoms with Gasteiger partial charge in [0, 0.05) is 18.7 Å². The van der Waals surface area contributed by atoms with Crippen molar-refractivity contribution in [3.63, 3.8) is 0 Å². The van der Waals surface area contributed by atoms with Gasteiger partial charge in [-0.25, -0.2) is 4.79 Å². The van der Waals surface area contributed by atoms with Gasteiger partial charge < -0.3 is 20.5 Å². The minimum Gasteiger partial charge on any atom is -0.444 e. The van der Waals surface area contributed by atoms with Crippen LogP contribution in [0.5, 0.6) is 0 Å². The SMILES string of the molecule is CC(C)(C)OC(=O)NC1CCC(NCC2CCCC2CO)CC1. The van der Waals surface area contributed by atoms with E-state index < -0.39 is 5.60 Å². The van der Waals surface area contributed by atoms with Gasteiger partial charge in [-0.2, -0.15) is 0 Å². The van der Waals surface area contributed by atoms with Gasteiger partial charge in [0.1, 0.15) is 5.60 Å². The second-order valence-corrected chi connectivity index (χ2v) is 8.24. The van der Waals surface area contributed by atoms with Gasteiger partial charge in [0.15, 0.2) is 0 Å². The summed E-state index contributed by atoms with van der Waals surface area (Å²) in [4.78, 5) is 11.8. The van der Waals surface area contributed by atoms with Crippen LogP contribution < -0.4 is 10.6 Å². The molecule has 5 nitrogen and oxygen atoms in total. The minimum atomic E-state index is -0.437. The van der Waals surface area contributed by atoms with E-state index in [0.29, 0.717) is 24.5 Å². The highest BCUT2D eigenvalue weighted by molar-refractivity contribution is 5.68. The second-order valence-electron chi connectivity index (χ2n) is 8.24. The minimum absolute atomic E-state index is 0.236. The normalized spacial score (nSPS) is 31.8. The third-order valence-corrected chi connectivity index (χ3v) is 5.17. The summed E-state index contributed by atoms with van der Waals surface area (Å²) >= 11 is 0. The summed E-state index contributed by atoms with van der Waals surface area (Å²) in [5.41, 5.74) is -0.437. The molecule has 0 aromatic carbocycles. The molecule has 2 aliphatic carbocycles. The Hall–Kier alpha value is -0.810. The number of carbonyl (C=O) groups excluding carboxylic acids is 1. The van der Waals surface area contributed by atoms with Gasteiger partial charge in [0.25, 0.3) is 0 Å². The van der Waals surface area contributed by atoms with Crippen LogP contribution in [0.15, 0.2) is 0 Å². The zero-order valence-electron chi connectivity index (χ0n) is 14.9. The van der Waals surface area contributed by atoms with E-state index in [2.05, 4.69) is 10.6 Å². The molecule has 0 aromatic rings. The molecule has 0 spiro atoms. The molecule has 0 aromatic heterocycles. The lowest BCUT2D eigenvalue weighted by molar-refractivity contribution is 0.0489. The molecule has 0 heterocycles. The van der Waals surface area contributed by atoms with E-state index in [9.17, 15) is 9.90 Å². The fourth-order valence-corrected chi connectivity index (χ4v) is 3.86. The summed E-state index contributed by atoms with van der Waals surface area (Å²) < 4.78 is 5.32. The Balaban J connectivity index is 1.63. The highest BCUT2D eigenvalue weighted by Gasteiger charge is 2.28. The van der Waals surface area contributed by atoms with Crippen molar-refractivity contribution in [2.24, 2.45) is 11.8 Å². The lowest BCUT2D eigenvalue weighted by Crippen LogP contribution is -2.44. The number of hydrogen-bond acceptors (Lipinski definition) is 4. The van der Waals surface area contributed by atoms with E-state index in [1.165, 1.54) is 19.3 Å². The molecule has 2 rings (SSSR count). The summed E-state index contributed by atoms with van der Waals surface area (Å²) in [6.45, 7) is 7.02. The van der Waals surface area contributed by atoms with Crippen LogP contribution in [-0.4, -0.2) is 42.0 Å². The van der Waals surface area contributed by atoms with Crippen LogP contribution in [0.4, 0.5) is 4.79 Å². The first kappa shape index (κ1) is 18.5. The number of amides is 1. The molecular weight excluding hydrogens is 292 g/mol.